The third kappa shape index (κ3) is 4.06. The van der Waals surface area contributed by atoms with Crippen LogP contribution >= 0.6 is 0 Å². The van der Waals surface area contributed by atoms with Crippen molar-refractivity contribution in [2.75, 3.05) is 33.4 Å². The summed E-state index contributed by atoms with van der Waals surface area (Å²) >= 11 is 0. The highest BCUT2D eigenvalue weighted by Crippen LogP contribution is 2.27. The minimum Gasteiger partial charge on any atom is -0.383 e. The van der Waals surface area contributed by atoms with Gasteiger partial charge in [-0.3, -0.25) is 4.90 Å². The van der Waals surface area contributed by atoms with Crippen molar-refractivity contribution in [3.05, 3.63) is 35.9 Å². The van der Waals surface area contributed by atoms with Crippen LogP contribution < -0.4 is 5.32 Å². The fourth-order valence-electron chi connectivity index (χ4n) is 3.48. The van der Waals surface area contributed by atoms with Gasteiger partial charge in [-0.25, -0.2) is 0 Å². The number of nitrogens with one attached hydrogen (secondary N) is 1. The SMILES string of the molecule is CCC1(CC)CNC(Cc2ccccc2)CN1CCOC. The summed E-state index contributed by atoms with van der Waals surface area (Å²) in [6.45, 7) is 8.66. The first-order valence-electron chi connectivity index (χ1n) is 8.25. The molecule has 0 radical (unpaired) electrons. The largest absolute Gasteiger partial charge is 0.383 e. The van der Waals surface area contributed by atoms with Gasteiger partial charge in [0.2, 0.25) is 0 Å². The second kappa shape index (κ2) is 7.92. The molecular weight excluding hydrogens is 260 g/mol. The first-order chi connectivity index (χ1) is 10.2. The van der Waals surface area contributed by atoms with Crippen molar-refractivity contribution in [3.63, 3.8) is 0 Å². The summed E-state index contributed by atoms with van der Waals surface area (Å²) in [5.41, 5.74) is 1.72. The molecule has 1 aromatic rings. The van der Waals surface area contributed by atoms with Crippen LogP contribution in [0.2, 0.25) is 0 Å². The standard InChI is InChI=1S/C18H30N2O/c1-4-18(5-2)15-19-17(14-20(18)11-12-21-3)13-16-9-7-6-8-10-16/h6-10,17,19H,4-5,11-15H2,1-3H3. The maximum absolute atomic E-state index is 5.32. The highest BCUT2D eigenvalue weighted by Gasteiger charge is 2.38. The lowest BCUT2D eigenvalue weighted by Crippen LogP contribution is -2.65. The van der Waals surface area contributed by atoms with E-state index < -0.39 is 0 Å². The molecule has 0 saturated carbocycles. The number of hydrogen-bond acceptors (Lipinski definition) is 3. The molecule has 1 aromatic carbocycles. The first kappa shape index (κ1) is 16.5. The Morgan fingerprint density at radius 1 is 1.24 bits per heavy atom. The highest BCUT2D eigenvalue weighted by molar-refractivity contribution is 5.16. The van der Waals surface area contributed by atoms with Crippen LogP contribution in [0.1, 0.15) is 32.3 Å². The van der Waals surface area contributed by atoms with E-state index in [0.29, 0.717) is 11.6 Å². The van der Waals surface area contributed by atoms with Crippen LogP contribution in [-0.2, 0) is 11.2 Å². The van der Waals surface area contributed by atoms with Gasteiger partial charge < -0.3 is 10.1 Å². The molecule has 1 fully saturated rings. The molecule has 1 aliphatic rings. The highest BCUT2D eigenvalue weighted by atomic mass is 16.5. The summed E-state index contributed by atoms with van der Waals surface area (Å²) in [7, 11) is 1.79. The molecule has 21 heavy (non-hydrogen) atoms. The molecule has 1 N–H and O–H groups in total. The van der Waals surface area contributed by atoms with Gasteiger partial charge in [-0.2, -0.15) is 0 Å². The molecule has 3 heteroatoms. The Balaban J connectivity index is 2.02. The number of hydrogen-bond donors (Lipinski definition) is 1. The zero-order valence-corrected chi connectivity index (χ0v) is 13.8. The lowest BCUT2D eigenvalue weighted by Gasteiger charge is -2.49. The molecule has 1 unspecified atom stereocenters. The van der Waals surface area contributed by atoms with Gasteiger partial charge >= 0.3 is 0 Å². The van der Waals surface area contributed by atoms with Gasteiger partial charge in [-0.05, 0) is 24.8 Å². The summed E-state index contributed by atoms with van der Waals surface area (Å²) in [5.74, 6) is 0. The van der Waals surface area contributed by atoms with Crippen molar-refractivity contribution >= 4 is 0 Å². The number of rotatable bonds is 7. The van der Waals surface area contributed by atoms with Crippen molar-refractivity contribution in [2.24, 2.45) is 0 Å². The van der Waals surface area contributed by atoms with Crippen LogP contribution in [0.15, 0.2) is 30.3 Å². The van der Waals surface area contributed by atoms with Gasteiger partial charge in [0, 0.05) is 38.3 Å². The quantitative estimate of drug-likeness (QED) is 0.835. The Morgan fingerprint density at radius 3 is 2.57 bits per heavy atom. The topological polar surface area (TPSA) is 24.5 Å². The fraction of sp³-hybridized carbons (Fsp3) is 0.667. The van der Waals surface area contributed by atoms with Crippen molar-refractivity contribution < 1.29 is 4.74 Å². The Bertz CT molecular complexity index is 403. The Kier molecular flexibility index (Phi) is 6.22. The molecule has 0 aliphatic carbocycles. The second-order valence-electron chi connectivity index (χ2n) is 6.14. The van der Waals surface area contributed by atoms with E-state index in [1.807, 2.05) is 0 Å². The van der Waals surface area contributed by atoms with Gasteiger partial charge in [0.05, 0.1) is 6.61 Å². The summed E-state index contributed by atoms with van der Waals surface area (Å²) in [5, 5.41) is 3.78. The second-order valence-corrected chi connectivity index (χ2v) is 6.14. The predicted octanol–water partition coefficient (Wildman–Crippen LogP) is 2.71. The number of piperazine rings is 1. The van der Waals surface area contributed by atoms with Crippen LogP contribution in [0.3, 0.4) is 0 Å². The molecule has 118 valence electrons. The molecule has 1 atom stereocenters. The molecule has 0 bridgehead atoms. The van der Waals surface area contributed by atoms with Gasteiger partial charge in [-0.15, -0.1) is 0 Å². The normalized spacial score (nSPS) is 22.3. The minimum absolute atomic E-state index is 0.297. The maximum atomic E-state index is 5.32. The van der Waals surface area contributed by atoms with Gasteiger partial charge in [0.15, 0.2) is 0 Å². The smallest absolute Gasteiger partial charge is 0.0589 e. The first-order valence-corrected chi connectivity index (χ1v) is 8.25. The van der Waals surface area contributed by atoms with E-state index >= 15 is 0 Å². The van der Waals surface area contributed by atoms with Gasteiger partial charge in [0.25, 0.3) is 0 Å². The summed E-state index contributed by atoms with van der Waals surface area (Å²) in [6.07, 6.45) is 3.49. The van der Waals surface area contributed by atoms with Crippen molar-refractivity contribution in [1.29, 1.82) is 0 Å². The number of benzene rings is 1. The monoisotopic (exact) mass is 290 g/mol. The fourth-order valence-corrected chi connectivity index (χ4v) is 3.48. The summed E-state index contributed by atoms with van der Waals surface area (Å²) < 4.78 is 5.32. The van der Waals surface area contributed by atoms with Crippen LogP contribution in [0.25, 0.3) is 0 Å². The molecule has 3 nitrogen and oxygen atoms in total. The Morgan fingerprint density at radius 2 is 1.95 bits per heavy atom. The van der Waals surface area contributed by atoms with Crippen LogP contribution in [0, 0.1) is 0 Å². The number of methoxy groups -OCH3 is 1. The molecule has 0 amide bonds. The zero-order valence-electron chi connectivity index (χ0n) is 13.8. The minimum atomic E-state index is 0.297. The van der Waals surface area contributed by atoms with Crippen LogP contribution in [0.5, 0.6) is 0 Å². The molecule has 0 spiro atoms. The summed E-state index contributed by atoms with van der Waals surface area (Å²) in [4.78, 5) is 2.65. The van der Waals surface area contributed by atoms with Crippen LogP contribution in [-0.4, -0.2) is 49.8 Å². The van der Waals surface area contributed by atoms with Gasteiger partial charge in [0.1, 0.15) is 0 Å². The lowest BCUT2D eigenvalue weighted by molar-refractivity contribution is 0.0124. The predicted molar refractivity (Wildman–Crippen MR) is 88.7 cm³/mol. The molecule has 1 saturated heterocycles. The number of ether oxygens (including phenoxy) is 1. The van der Waals surface area contributed by atoms with E-state index in [1.165, 1.54) is 18.4 Å². The van der Waals surface area contributed by atoms with Crippen molar-refractivity contribution in [3.8, 4) is 0 Å². The number of nitrogens with zero attached hydrogens (tertiary/aromatic N) is 1. The Hall–Kier alpha value is -0.900. The molecule has 1 aliphatic heterocycles. The molecule has 1 heterocycles. The molecule has 0 aromatic heterocycles. The van der Waals surface area contributed by atoms with E-state index in [1.54, 1.807) is 7.11 Å². The zero-order chi connectivity index (χ0) is 15.1. The van der Waals surface area contributed by atoms with Gasteiger partial charge in [-0.1, -0.05) is 44.2 Å². The van der Waals surface area contributed by atoms with Crippen molar-refractivity contribution in [2.45, 2.75) is 44.7 Å². The van der Waals surface area contributed by atoms with E-state index in [0.717, 1.165) is 32.7 Å². The molecular formula is C18H30N2O. The third-order valence-electron chi connectivity index (χ3n) is 5.04. The third-order valence-corrected chi connectivity index (χ3v) is 5.04. The maximum Gasteiger partial charge on any atom is 0.0589 e. The van der Waals surface area contributed by atoms with E-state index in [4.69, 9.17) is 4.74 Å². The van der Waals surface area contributed by atoms with Crippen molar-refractivity contribution in [1.82, 2.24) is 10.2 Å². The summed E-state index contributed by atoms with van der Waals surface area (Å²) in [6, 6.07) is 11.3. The van der Waals surface area contributed by atoms with Crippen LogP contribution in [0.4, 0.5) is 0 Å². The van der Waals surface area contributed by atoms with E-state index in [2.05, 4.69) is 54.4 Å². The average Bonchev–Trinajstić information content (AvgIpc) is 2.54. The average molecular weight is 290 g/mol. The van der Waals surface area contributed by atoms with E-state index in [-0.39, 0.29) is 0 Å². The van der Waals surface area contributed by atoms with E-state index in [9.17, 15) is 0 Å². The molecule has 2 rings (SSSR count). The lowest BCUT2D eigenvalue weighted by atomic mass is 9.86. The Labute approximate surface area is 129 Å².